The fourth-order valence-corrected chi connectivity index (χ4v) is 1.78. The number of fused-ring (bicyclic) bond motifs is 1. The number of hydrogen-bond donors (Lipinski definition) is 1. The van der Waals surface area contributed by atoms with Crippen molar-refractivity contribution < 1.29 is 0 Å². The summed E-state index contributed by atoms with van der Waals surface area (Å²) < 4.78 is 0. The molecule has 2 rings (SSSR count). The van der Waals surface area contributed by atoms with Gasteiger partial charge in [-0.15, -0.1) is 0 Å². The number of nitrogens with zero attached hydrogens (tertiary/aromatic N) is 2. The van der Waals surface area contributed by atoms with Crippen LogP contribution in [-0.2, 0) is 0 Å². The van der Waals surface area contributed by atoms with E-state index in [-0.39, 0.29) is 6.04 Å². The molecule has 1 atom stereocenters. The molecule has 0 fully saturated rings. The number of nitrogens with one attached hydrogen (secondary N) is 1. The molecule has 15 heavy (non-hydrogen) atoms. The largest absolute Gasteiger partial charge is 0.361 e. The summed E-state index contributed by atoms with van der Waals surface area (Å²) in [6.45, 7) is 0. The molecular formula is C12H13N3. The number of nitriles is 1. The summed E-state index contributed by atoms with van der Waals surface area (Å²) in [7, 11) is 3.82. The lowest BCUT2D eigenvalue weighted by Crippen LogP contribution is -2.17. The number of rotatable bonds is 2. The molecule has 2 aromatic rings. The average molecular weight is 199 g/mol. The van der Waals surface area contributed by atoms with Crippen LogP contribution in [0, 0.1) is 11.3 Å². The van der Waals surface area contributed by atoms with Crippen LogP contribution >= 0.6 is 0 Å². The van der Waals surface area contributed by atoms with Gasteiger partial charge in [0.15, 0.2) is 0 Å². The Labute approximate surface area is 88.9 Å². The molecule has 76 valence electrons. The highest BCUT2D eigenvalue weighted by Crippen LogP contribution is 2.26. The molecule has 0 saturated heterocycles. The molecule has 0 radical (unpaired) electrons. The van der Waals surface area contributed by atoms with Crippen LogP contribution in [0.15, 0.2) is 30.5 Å². The van der Waals surface area contributed by atoms with Gasteiger partial charge in [-0.05, 0) is 20.2 Å². The smallest absolute Gasteiger partial charge is 0.125 e. The molecule has 1 aromatic carbocycles. The van der Waals surface area contributed by atoms with Gasteiger partial charge < -0.3 is 4.98 Å². The molecule has 1 heterocycles. The Morgan fingerprint density at radius 2 is 2.07 bits per heavy atom. The second kappa shape index (κ2) is 3.76. The summed E-state index contributed by atoms with van der Waals surface area (Å²) in [5.41, 5.74) is 2.12. The Hall–Kier alpha value is -1.79. The van der Waals surface area contributed by atoms with Crippen molar-refractivity contribution in [1.29, 1.82) is 5.26 Å². The topological polar surface area (TPSA) is 42.8 Å². The molecule has 0 aliphatic rings. The van der Waals surface area contributed by atoms with E-state index in [0.717, 1.165) is 16.5 Å². The molecule has 3 nitrogen and oxygen atoms in total. The first-order valence-electron chi connectivity index (χ1n) is 4.86. The number of H-pyrrole nitrogens is 1. The van der Waals surface area contributed by atoms with E-state index in [0.29, 0.717) is 0 Å². The lowest BCUT2D eigenvalue weighted by Gasteiger charge is -2.16. The second-order valence-corrected chi connectivity index (χ2v) is 3.78. The third-order valence-corrected chi connectivity index (χ3v) is 2.55. The Bertz CT molecular complexity index is 505. The summed E-state index contributed by atoms with van der Waals surface area (Å²) in [4.78, 5) is 5.09. The number of para-hydroxylation sites is 1. The van der Waals surface area contributed by atoms with Crippen LogP contribution in [0.4, 0.5) is 0 Å². The van der Waals surface area contributed by atoms with Gasteiger partial charge in [0.25, 0.3) is 0 Å². The fourth-order valence-electron chi connectivity index (χ4n) is 1.78. The van der Waals surface area contributed by atoms with Crippen LogP contribution in [0.3, 0.4) is 0 Å². The number of benzene rings is 1. The molecular weight excluding hydrogens is 186 g/mol. The van der Waals surface area contributed by atoms with E-state index in [9.17, 15) is 0 Å². The average Bonchev–Trinajstić information content (AvgIpc) is 2.63. The van der Waals surface area contributed by atoms with Crippen LogP contribution in [0.25, 0.3) is 10.9 Å². The van der Waals surface area contributed by atoms with Crippen molar-refractivity contribution in [2.45, 2.75) is 6.04 Å². The van der Waals surface area contributed by atoms with Crippen LogP contribution < -0.4 is 0 Å². The highest BCUT2D eigenvalue weighted by molar-refractivity contribution is 5.83. The Morgan fingerprint density at radius 1 is 1.33 bits per heavy atom. The highest BCUT2D eigenvalue weighted by Gasteiger charge is 2.16. The first kappa shape index (κ1) is 9.75. The third-order valence-electron chi connectivity index (χ3n) is 2.55. The van der Waals surface area contributed by atoms with Crippen molar-refractivity contribution in [2.24, 2.45) is 0 Å². The van der Waals surface area contributed by atoms with Crippen molar-refractivity contribution in [3.63, 3.8) is 0 Å². The number of aromatic amines is 1. The van der Waals surface area contributed by atoms with Gasteiger partial charge in [0.05, 0.1) is 6.07 Å². The van der Waals surface area contributed by atoms with E-state index in [1.54, 1.807) is 0 Å². The maximum Gasteiger partial charge on any atom is 0.125 e. The number of aromatic nitrogens is 1. The van der Waals surface area contributed by atoms with E-state index >= 15 is 0 Å². The molecule has 3 heteroatoms. The maximum atomic E-state index is 9.12. The Balaban J connectivity index is 2.57. The van der Waals surface area contributed by atoms with Gasteiger partial charge in [-0.25, -0.2) is 0 Å². The predicted molar refractivity (Wildman–Crippen MR) is 60.3 cm³/mol. The zero-order valence-electron chi connectivity index (χ0n) is 8.86. The van der Waals surface area contributed by atoms with Crippen LogP contribution in [0.1, 0.15) is 11.6 Å². The van der Waals surface area contributed by atoms with Gasteiger partial charge in [0.1, 0.15) is 6.04 Å². The summed E-state index contributed by atoms with van der Waals surface area (Å²) in [6, 6.07) is 10.1. The summed E-state index contributed by atoms with van der Waals surface area (Å²) >= 11 is 0. The standard InChI is InChI=1S/C12H13N3/c1-15(2)12(7-13)10-8-14-11-6-4-3-5-9(10)11/h3-6,8,12,14H,1-2H3. The summed E-state index contributed by atoms with van der Waals surface area (Å²) in [5.74, 6) is 0. The zero-order valence-corrected chi connectivity index (χ0v) is 8.86. The third kappa shape index (κ3) is 1.60. The minimum atomic E-state index is -0.193. The van der Waals surface area contributed by atoms with E-state index in [2.05, 4.69) is 11.1 Å². The van der Waals surface area contributed by atoms with E-state index in [1.807, 2.05) is 49.5 Å². The van der Waals surface area contributed by atoms with Crippen molar-refractivity contribution in [1.82, 2.24) is 9.88 Å². The predicted octanol–water partition coefficient (Wildman–Crippen LogP) is 2.29. The monoisotopic (exact) mass is 199 g/mol. The second-order valence-electron chi connectivity index (χ2n) is 3.78. The first-order valence-corrected chi connectivity index (χ1v) is 4.86. The molecule has 0 amide bonds. The molecule has 0 bridgehead atoms. The van der Waals surface area contributed by atoms with Gasteiger partial charge in [-0.3, -0.25) is 4.90 Å². The molecule has 0 spiro atoms. The molecule has 1 unspecified atom stereocenters. The van der Waals surface area contributed by atoms with Crippen molar-refractivity contribution in [3.8, 4) is 6.07 Å². The summed E-state index contributed by atoms with van der Waals surface area (Å²) in [6.07, 6.45) is 1.92. The van der Waals surface area contributed by atoms with Gasteiger partial charge in [0, 0.05) is 22.7 Å². The number of hydrogen-bond acceptors (Lipinski definition) is 2. The van der Waals surface area contributed by atoms with Gasteiger partial charge >= 0.3 is 0 Å². The lowest BCUT2D eigenvalue weighted by molar-refractivity contribution is 0.360. The van der Waals surface area contributed by atoms with E-state index in [1.165, 1.54) is 0 Å². The maximum absolute atomic E-state index is 9.12. The van der Waals surface area contributed by atoms with Crippen molar-refractivity contribution in [3.05, 3.63) is 36.0 Å². The van der Waals surface area contributed by atoms with Gasteiger partial charge in [0.2, 0.25) is 0 Å². The van der Waals surface area contributed by atoms with Gasteiger partial charge in [-0.2, -0.15) is 5.26 Å². The Morgan fingerprint density at radius 3 is 2.73 bits per heavy atom. The quantitative estimate of drug-likeness (QED) is 0.806. The molecule has 1 N–H and O–H groups in total. The summed E-state index contributed by atoms with van der Waals surface area (Å²) in [5, 5.41) is 10.2. The van der Waals surface area contributed by atoms with Crippen LogP contribution in [-0.4, -0.2) is 24.0 Å². The van der Waals surface area contributed by atoms with Crippen molar-refractivity contribution in [2.75, 3.05) is 14.1 Å². The minimum absolute atomic E-state index is 0.193. The molecule has 0 aliphatic heterocycles. The van der Waals surface area contributed by atoms with E-state index in [4.69, 9.17) is 5.26 Å². The molecule has 1 aromatic heterocycles. The van der Waals surface area contributed by atoms with Gasteiger partial charge in [-0.1, -0.05) is 18.2 Å². The highest BCUT2D eigenvalue weighted by atomic mass is 15.1. The fraction of sp³-hybridized carbons (Fsp3) is 0.250. The molecule has 0 aliphatic carbocycles. The van der Waals surface area contributed by atoms with E-state index < -0.39 is 0 Å². The Kier molecular flexibility index (Phi) is 2.44. The molecule has 0 saturated carbocycles. The van der Waals surface area contributed by atoms with Crippen LogP contribution in [0.2, 0.25) is 0 Å². The van der Waals surface area contributed by atoms with Crippen LogP contribution in [0.5, 0.6) is 0 Å². The minimum Gasteiger partial charge on any atom is -0.361 e. The van der Waals surface area contributed by atoms with Crippen molar-refractivity contribution >= 4 is 10.9 Å². The zero-order chi connectivity index (χ0) is 10.8. The normalized spacial score (nSPS) is 12.9. The lowest BCUT2D eigenvalue weighted by atomic mass is 10.1. The SMILES string of the molecule is CN(C)C(C#N)c1c[nH]c2ccccc12. The first-order chi connectivity index (χ1) is 7.24.